The van der Waals surface area contributed by atoms with Gasteiger partial charge in [0.15, 0.2) is 0 Å². The van der Waals surface area contributed by atoms with E-state index in [1.54, 1.807) is 44.5 Å². The number of ether oxygens (including phenoxy) is 1. The Hall–Kier alpha value is -2.89. The fourth-order valence-corrected chi connectivity index (χ4v) is 1.41. The van der Waals surface area contributed by atoms with Crippen LogP contribution < -0.4 is 17.2 Å². The maximum Gasteiger partial charge on any atom is 0.150 e. The molecule has 0 aliphatic heterocycles. The van der Waals surface area contributed by atoms with E-state index in [9.17, 15) is 9.59 Å². The van der Waals surface area contributed by atoms with Crippen molar-refractivity contribution in [1.82, 2.24) is 0 Å². The lowest BCUT2D eigenvalue weighted by atomic mass is 10.0. The fraction of sp³-hybridized carbons (Fsp3) is 0.545. The lowest BCUT2D eigenvalue weighted by Gasteiger charge is -2.07. The summed E-state index contributed by atoms with van der Waals surface area (Å²) in [6, 6.07) is 6.74. The summed E-state index contributed by atoms with van der Waals surface area (Å²) >= 11 is 0. The Balaban J connectivity index is -0.0000000706. The average Bonchev–Trinajstić information content (AvgIpc) is 2.99. The Morgan fingerprint density at radius 3 is 1.70 bits per heavy atom. The van der Waals surface area contributed by atoms with E-state index in [0.717, 1.165) is 31.2 Å². The normalized spacial score (nSPS) is 9.68. The van der Waals surface area contributed by atoms with Gasteiger partial charge in [0.05, 0.1) is 0 Å². The second-order valence-corrected chi connectivity index (χ2v) is 6.97. The second-order valence-electron chi connectivity index (χ2n) is 6.97. The first-order chi connectivity index (χ1) is 19.1. The molecule has 2 atom stereocenters. The molecule has 7 heteroatoms. The standard InChI is InChI=1S/C10H11NO2.C7H14N2.C5H10.C3H8O.C3H4.2C2H6.CH5N/c11-10(5-6-12)9-3-1-8(7-13)2-4-9;1-3-5-9-6-4-7(2)8;1-4-5(2)3;1-3-4-2;1-3-2;3*1-2/h1-4,6-7,10H,5,11H2;4-7H,3,8H2,1-2H3;4H,1-3H3;3H2,1-2H3;1H,2H3;2*1-2H3;2H2,1H3/b;6-4-,9-5?;;;;;;. The largest absolute Gasteiger partial charge is 0.385 e. The summed E-state index contributed by atoms with van der Waals surface area (Å²) < 4.78 is 4.54. The highest BCUT2D eigenvalue weighted by atomic mass is 16.5. The lowest BCUT2D eigenvalue weighted by Crippen LogP contribution is -2.10. The van der Waals surface area contributed by atoms with Gasteiger partial charge in [-0.25, -0.2) is 0 Å². The highest BCUT2D eigenvalue weighted by Crippen LogP contribution is 2.12. The zero-order valence-electron chi connectivity index (χ0n) is 28.0. The number of aldehydes is 2. The quantitative estimate of drug-likeness (QED) is 0.131. The van der Waals surface area contributed by atoms with Gasteiger partial charge in [-0.15, -0.1) is 12.3 Å². The van der Waals surface area contributed by atoms with Gasteiger partial charge < -0.3 is 26.7 Å². The van der Waals surface area contributed by atoms with Gasteiger partial charge in [-0.2, -0.15) is 0 Å². The lowest BCUT2D eigenvalue weighted by molar-refractivity contribution is -0.108. The van der Waals surface area contributed by atoms with Crippen LogP contribution in [-0.2, 0) is 9.53 Å². The molecule has 0 spiro atoms. The first kappa shape index (κ1) is 53.4. The molecule has 0 saturated carbocycles. The SMILES string of the molecule is C#CC.CC.CC.CC=C(C)C.CCC=N/C=C\C(C)N.CCOC.CN.NC(CC=O)c1ccc(C=O)cc1. The third kappa shape index (κ3) is 64.8. The molecule has 1 aromatic carbocycles. The summed E-state index contributed by atoms with van der Waals surface area (Å²) in [6.45, 7) is 22.6. The third-order valence-corrected chi connectivity index (χ3v) is 3.48. The van der Waals surface area contributed by atoms with E-state index in [1.165, 1.54) is 12.6 Å². The summed E-state index contributed by atoms with van der Waals surface area (Å²) in [4.78, 5) is 24.4. The van der Waals surface area contributed by atoms with E-state index in [-0.39, 0.29) is 12.1 Å². The van der Waals surface area contributed by atoms with Crippen molar-refractivity contribution < 1.29 is 14.3 Å². The van der Waals surface area contributed by atoms with Crippen LogP contribution in [0.2, 0.25) is 0 Å². The van der Waals surface area contributed by atoms with Crippen LogP contribution in [0.3, 0.4) is 0 Å². The summed E-state index contributed by atoms with van der Waals surface area (Å²) in [5, 5.41) is 0. The smallest absolute Gasteiger partial charge is 0.150 e. The van der Waals surface area contributed by atoms with Crippen molar-refractivity contribution in [3.05, 3.63) is 59.3 Å². The molecule has 0 heterocycles. The first-order valence-electron chi connectivity index (χ1n) is 13.9. The van der Waals surface area contributed by atoms with Crippen LogP contribution in [0.1, 0.15) is 111 Å². The number of aliphatic imine (C=N–C) groups is 1. The number of nitrogens with two attached hydrogens (primary N) is 3. The van der Waals surface area contributed by atoms with Crippen molar-refractivity contribution in [3.63, 3.8) is 0 Å². The van der Waals surface area contributed by atoms with Crippen LogP contribution in [0, 0.1) is 12.3 Å². The first-order valence-corrected chi connectivity index (χ1v) is 13.9. The molecule has 0 aromatic heterocycles. The number of nitrogens with zero attached hydrogens (tertiary/aromatic N) is 1. The molecule has 0 aliphatic rings. The van der Waals surface area contributed by atoms with Gasteiger partial charge in [-0.1, -0.05) is 70.5 Å². The Morgan fingerprint density at radius 2 is 1.45 bits per heavy atom. The van der Waals surface area contributed by atoms with Crippen LogP contribution in [0.25, 0.3) is 0 Å². The number of carbonyl (C=O) groups is 2. The summed E-state index contributed by atoms with van der Waals surface area (Å²) in [7, 11) is 3.18. The van der Waals surface area contributed by atoms with E-state index in [0.29, 0.717) is 12.0 Å². The number of terminal acetylenes is 1. The fourth-order valence-electron chi connectivity index (χ4n) is 1.41. The van der Waals surface area contributed by atoms with Crippen LogP contribution in [0.5, 0.6) is 0 Å². The van der Waals surface area contributed by atoms with Gasteiger partial charge in [0.1, 0.15) is 12.6 Å². The van der Waals surface area contributed by atoms with Crippen LogP contribution in [0.15, 0.2) is 53.2 Å². The second kappa shape index (κ2) is 56.3. The summed E-state index contributed by atoms with van der Waals surface area (Å²) in [6.07, 6.45) is 15.0. The number of benzene rings is 1. The molecule has 0 fully saturated rings. The minimum absolute atomic E-state index is 0.110. The zero-order chi connectivity index (χ0) is 33.2. The molecule has 6 N–H and O–H groups in total. The van der Waals surface area contributed by atoms with Gasteiger partial charge in [-0.05, 0) is 66.7 Å². The maximum atomic E-state index is 10.3. The molecule has 0 radical (unpaired) electrons. The number of hydrogen-bond donors (Lipinski definition) is 3. The van der Waals surface area contributed by atoms with E-state index in [2.05, 4.69) is 47.7 Å². The predicted molar refractivity (Wildman–Crippen MR) is 181 cm³/mol. The van der Waals surface area contributed by atoms with E-state index < -0.39 is 0 Å². The van der Waals surface area contributed by atoms with Gasteiger partial charge in [0.25, 0.3) is 0 Å². The van der Waals surface area contributed by atoms with Crippen LogP contribution >= 0.6 is 0 Å². The highest BCUT2D eigenvalue weighted by Gasteiger charge is 2.03. The Labute approximate surface area is 248 Å². The number of carbonyl (C=O) groups excluding carboxylic acids is 2. The molecule has 1 rings (SSSR count). The van der Waals surface area contributed by atoms with Crippen molar-refractivity contribution in [1.29, 1.82) is 0 Å². The van der Waals surface area contributed by atoms with Gasteiger partial charge in [0.2, 0.25) is 0 Å². The van der Waals surface area contributed by atoms with E-state index >= 15 is 0 Å². The highest BCUT2D eigenvalue weighted by molar-refractivity contribution is 5.74. The molecule has 0 bridgehead atoms. The maximum absolute atomic E-state index is 10.3. The van der Waals surface area contributed by atoms with Crippen molar-refractivity contribution in [3.8, 4) is 12.3 Å². The van der Waals surface area contributed by atoms with Gasteiger partial charge >= 0.3 is 0 Å². The molecule has 234 valence electrons. The predicted octanol–water partition coefficient (Wildman–Crippen LogP) is 7.31. The number of methoxy groups -OCH3 is 1. The Morgan fingerprint density at radius 1 is 1.05 bits per heavy atom. The third-order valence-electron chi connectivity index (χ3n) is 3.48. The van der Waals surface area contributed by atoms with E-state index in [1.807, 2.05) is 67.7 Å². The molecule has 0 saturated heterocycles. The minimum Gasteiger partial charge on any atom is -0.385 e. The Bertz CT molecular complexity index is 699. The van der Waals surface area contributed by atoms with Crippen molar-refractivity contribution in [2.45, 2.75) is 101 Å². The number of allylic oxidation sites excluding steroid dienone is 2. The van der Waals surface area contributed by atoms with Crippen molar-refractivity contribution in [2.75, 3.05) is 20.8 Å². The summed E-state index contributed by atoms with van der Waals surface area (Å²) in [5.74, 6) is 2.25. The van der Waals surface area contributed by atoms with Crippen molar-refractivity contribution >= 4 is 18.8 Å². The molecule has 7 nitrogen and oxygen atoms in total. The Kier molecular flexibility index (Phi) is 75.2. The molecule has 0 amide bonds. The molecular formula is C33H64N4O3. The molecule has 1 aromatic rings. The minimum atomic E-state index is -0.266. The van der Waals surface area contributed by atoms with E-state index in [4.69, 9.17) is 11.5 Å². The van der Waals surface area contributed by atoms with Crippen LogP contribution in [0.4, 0.5) is 0 Å². The van der Waals surface area contributed by atoms with Crippen LogP contribution in [-0.4, -0.2) is 45.6 Å². The molecular weight excluding hydrogens is 500 g/mol. The summed E-state index contributed by atoms with van der Waals surface area (Å²) in [5.41, 5.74) is 18.5. The molecule has 40 heavy (non-hydrogen) atoms. The topological polar surface area (TPSA) is 134 Å². The zero-order valence-corrected chi connectivity index (χ0v) is 28.0. The molecule has 0 aliphatic carbocycles. The van der Waals surface area contributed by atoms with Gasteiger partial charge in [-0.3, -0.25) is 9.79 Å². The van der Waals surface area contributed by atoms with Gasteiger partial charge in [0, 0.05) is 50.2 Å². The monoisotopic (exact) mass is 564 g/mol. The molecule has 2 unspecified atom stereocenters. The average molecular weight is 565 g/mol. The van der Waals surface area contributed by atoms with Crippen molar-refractivity contribution in [2.24, 2.45) is 22.2 Å². The number of rotatable bonds is 8. The number of hydrogen-bond acceptors (Lipinski definition) is 7.